The Bertz CT molecular complexity index is 1130. The second kappa shape index (κ2) is 9.07. The lowest BCUT2D eigenvalue weighted by Gasteiger charge is -2.20. The van der Waals surface area contributed by atoms with E-state index in [0.717, 1.165) is 55.6 Å². The van der Waals surface area contributed by atoms with Gasteiger partial charge in [-0.1, -0.05) is 18.2 Å². The predicted molar refractivity (Wildman–Crippen MR) is 124 cm³/mol. The number of carbonyl (C=O) groups is 2. The monoisotopic (exact) mass is 431 g/mol. The number of hydrogen-bond donors (Lipinski definition) is 1. The molecule has 2 amide bonds. The van der Waals surface area contributed by atoms with Gasteiger partial charge in [0.1, 0.15) is 12.4 Å². The highest BCUT2D eigenvalue weighted by atomic mass is 16.5. The van der Waals surface area contributed by atoms with E-state index < -0.39 is 0 Å². The number of fused-ring (bicyclic) bond motifs is 2. The van der Waals surface area contributed by atoms with E-state index in [9.17, 15) is 9.59 Å². The molecule has 1 aromatic heterocycles. The van der Waals surface area contributed by atoms with E-state index in [2.05, 4.69) is 17.1 Å². The third-order valence-corrected chi connectivity index (χ3v) is 6.55. The highest BCUT2D eigenvalue weighted by Gasteiger charge is 2.23. The van der Waals surface area contributed by atoms with Crippen LogP contribution >= 0.6 is 0 Å². The number of carbonyl (C=O) groups excluding carboxylic acids is 2. The van der Waals surface area contributed by atoms with Crippen LogP contribution in [-0.2, 0) is 17.8 Å². The second-order valence-electron chi connectivity index (χ2n) is 8.70. The summed E-state index contributed by atoms with van der Waals surface area (Å²) in [7, 11) is 0. The molecule has 0 unspecified atom stereocenters. The van der Waals surface area contributed by atoms with Gasteiger partial charge in [0.15, 0.2) is 0 Å². The van der Waals surface area contributed by atoms with Crippen LogP contribution in [0.2, 0.25) is 0 Å². The van der Waals surface area contributed by atoms with E-state index in [0.29, 0.717) is 31.7 Å². The molecule has 2 aliphatic rings. The molecule has 0 atom stereocenters. The second-order valence-corrected chi connectivity index (χ2v) is 8.70. The van der Waals surface area contributed by atoms with Crippen molar-refractivity contribution in [1.82, 2.24) is 14.8 Å². The molecular formula is C26H29N3O3. The summed E-state index contributed by atoms with van der Waals surface area (Å²) >= 11 is 0. The fourth-order valence-corrected chi connectivity index (χ4v) is 4.77. The molecule has 0 bridgehead atoms. The standard InChI is InChI=1S/C26H29N3O3/c30-25(9-5-6-20-17-27-23-8-2-1-7-22(20)23)29-14-15-32-24-11-10-19(16-21(24)18-29)26(31)28-12-3-4-13-28/h1-2,7-8,10-11,16-17,27H,3-6,9,12-15,18H2. The Balaban J connectivity index is 1.22. The molecule has 6 heteroatoms. The molecule has 0 radical (unpaired) electrons. The number of para-hydroxylation sites is 1. The minimum Gasteiger partial charge on any atom is -0.491 e. The first-order valence-corrected chi connectivity index (χ1v) is 11.6. The van der Waals surface area contributed by atoms with Crippen molar-refractivity contribution in [3.63, 3.8) is 0 Å². The Kier molecular flexibility index (Phi) is 5.84. The largest absolute Gasteiger partial charge is 0.491 e. The summed E-state index contributed by atoms with van der Waals surface area (Å²) in [6.45, 7) is 3.18. The zero-order chi connectivity index (χ0) is 21.9. The number of amides is 2. The molecule has 6 nitrogen and oxygen atoms in total. The van der Waals surface area contributed by atoms with Gasteiger partial charge < -0.3 is 19.5 Å². The number of rotatable bonds is 5. The fourth-order valence-electron chi connectivity index (χ4n) is 4.77. The molecule has 1 N–H and O–H groups in total. The van der Waals surface area contributed by atoms with Crippen LogP contribution < -0.4 is 4.74 Å². The van der Waals surface area contributed by atoms with Crippen LogP contribution in [-0.4, -0.2) is 52.8 Å². The zero-order valence-corrected chi connectivity index (χ0v) is 18.3. The summed E-state index contributed by atoms with van der Waals surface area (Å²) in [6, 6.07) is 13.9. The summed E-state index contributed by atoms with van der Waals surface area (Å²) in [6.07, 6.45) is 6.36. The normalized spacial score (nSPS) is 16.0. The number of H-pyrrole nitrogens is 1. The third-order valence-electron chi connectivity index (χ3n) is 6.55. The van der Waals surface area contributed by atoms with Crippen LogP contribution in [0.5, 0.6) is 5.75 Å². The Labute approximate surface area is 188 Å². The van der Waals surface area contributed by atoms with Crippen molar-refractivity contribution in [3.8, 4) is 5.75 Å². The molecule has 0 saturated carbocycles. The van der Waals surface area contributed by atoms with Gasteiger partial charge in [-0.25, -0.2) is 0 Å². The molecule has 2 aliphatic heterocycles. The summed E-state index contributed by atoms with van der Waals surface area (Å²) in [5.41, 5.74) is 3.98. The Morgan fingerprint density at radius 3 is 2.72 bits per heavy atom. The first-order valence-electron chi connectivity index (χ1n) is 11.6. The number of benzene rings is 2. The van der Waals surface area contributed by atoms with E-state index >= 15 is 0 Å². The quantitative estimate of drug-likeness (QED) is 0.660. The van der Waals surface area contributed by atoms with Gasteiger partial charge in [0.25, 0.3) is 5.91 Å². The number of aromatic amines is 1. The van der Waals surface area contributed by atoms with Gasteiger partial charge >= 0.3 is 0 Å². The van der Waals surface area contributed by atoms with Crippen molar-refractivity contribution in [2.24, 2.45) is 0 Å². The number of likely N-dealkylation sites (tertiary alicyclic amines) is 1. The molecule has 3 heterocycles. The molecule has 1 saturated heterocycles. The Morgan fingerprint density at radius 2 is 1.84 bits per heavy atom. The van der Waals surface area contributed by atoms with Crippen molar-refractivity contribution >= 4 is 22.7 Å². The van der Waals surface area contributed by atoms with Gasteiger partial charge in [0.05, 0.1) is 6.54 Å². The van der Waals surface area contributed by atoms with Crippen LogP contribution in [0.25, 0.3) is 10.9 Å². The van der Waals surface area contributed by atoms with Gasteiger partial charge in [-0.05, 0) is 55.5 Å². The maximum atomic E-state index is 13.0. The Hall–Kier alpha value is -3.28. The molecule has 166 valence electrons. The first kappa shape index (κ1) is 20.6. The van der Waals surface area contributed by atoms with Crippen molar-refractivity contribution in [2.45, 2.75) is 38.6 Å². The van der Waals surface area contributed by atoms with Crippen molar-refractivity contribution in [1.29, 1.82) is 0 Å². The van der Waals surface area contributed by atoms with Crippen molar-refractivity contribution < 1.29 is 14.3 Å². The van der Waals surface area contributed by atoms with E-state index in [4.69, 9.17) is 4.74 Å². The number of ether oxygens (including phenoxy) is 1. The van der Waals surface area contributed by atoms with Gasteiger partial charge in [0.2, 0.25) is 5.91 Å². The molecule has 5 rings (SSSR count). The number of hydrogen-bond acceptors (Lipinski definition) is 3. The highest BCUT2D eigenvalue weighted by Crippen LogP contribution is 2.26. The summed E-state index contributed by atoms with van der Waals surface area (Å²) in [4.78, 5) is 32.8. The molecular weight excluding hydrogens is 402 g/mol. The molecule has 0 spiro atoms. The lowest BCUT2D eigenvalue weighted by molar-refractivity contribution is -0.132. The summed E-state index contributed by atoms with van der Waals surface area (Å²) in [5.74, 6) is 0.987. The lowest BCUT2D eigenvalue weighted by atomic mass is 10.1. The van der Waals surface area contributed by atoms with Crippen LogP contribution in [0.1, 0.15) is 47.2 Å². The van der Waals surface area contributed by atoms with E-state index in [1.54, 1.807) is 0 Å². The molecule has 0 aliphatic carbocycles. The predicted octanol–water partition coefficient (Wildman–Crippen LogP) is 4.15. The minimum absolute atomic E-state index is 0.0751. The SMILES string of the molecule is O=C(CCCc1c[nH]c2ccccc12)N1CCOc2ccc(C(=O)N3CCCC3)cc2C1. The number of nitrogens with zero attached hydrogens (tertiary/aromatic N) is 2. The van der Waals surface area contributed by atoms with Crippen molar-refractivity contribution in [3.05, 3.63) is 65.4 Å². The number of aryl methyl sites for hydroxylation is 1. The van der Waals surface area contributed by atoms with Crippen molar-refractivity contribution in [2.75, 3.05) is 26.2 Å². The van der Waals surface area contributed by atoms with Crippen LogP contribution in [0.3, 0.4) is 0 Å². The van der Waals surface area contributed by atoms with Gasteiger partial charge in [-0.2, -0.15) is 0 Å². The summed E-state index contributed by atoms with van der Waals surface area (Å²) in [5, 5.41) is 1.23. The van der Waals surface area contributed by atoms with Gasteiger partial charge in [-0.15, -0.1) is 0 Å². The number of aromatic nitrogens is 1. The van der Waals surface area contributed by atoms with Gasteiger partial charge in [-0.3, -0.25) is 9.59 Å². The van der Waals surface area contributed by atoms with Crippen LogP contribution in [0, 0.1) is 0 Å². The average Bonchev–Trinajstić information content (AvgIpc) is 3.44. The van der Waals surface area contributed by atoms with E-state index in [1.807, 2.05) is 46.3 Å². The topological polar surface area (TPSA) is 65.6 Å². The minimum atomic E-state index is 0.0751. The average molecular weight is 432 g/mol. The molecule has 2 aromatic carbocycles. The third kappa shape index (κ3) is 4.22. The number of nitrogens with one attached hydrogen (secondary N) is 1. The first-order chi connectivity index (χ1) is 15.7. The maximum Gasteiger partial charge on any atom is 0.253 e. The van der Waals surface area contributed by atoms with E-state index in [-0.39, 0.29) is 11.8 Å². The molecule has 3 aromatic rings. The maximum absolute atomic E-state index is 13.0. The van der Waals surface area contributed by atoms with Gasteiger partial charge in [0, 0.05) is 54.3 Å². The smallest absolute Gasteiger partial charge is 0.253 e. The lowest BCUT2D eigenvalue weighted by Crippen LogP contribution is -2.32. The Morgan fingerprint density at radius 1 is 1.00 bits per heavy atom. The fraction of sp³-hybridized carbons (Fsp3) is 0.385. The van der Waals surface area contributed by atoms with E-state index in [1.165, 1.54) is 10.9 Å². The zero-order valence-electron chi connectivity index (χ0n) is 18.3. The summed E-state index contributed by atoms with van der Waals surface area (Å²) < 4.78 is 5.88. The molecule has 32 heavy (non-hydrogen) atoms. The van der Waals surface area contributed by atoms with Crippen LogP contribution in [0.4, 0.5) is 0 Å². The molecule has 1 fully saturated rings. The highest BCUT2D eigenvalue weighted by molar-refractivity contribution is 5.94. The van der Waals surface area contributed by atoms with Crippen LogP contribution in [0.15, 0.2) is 48.7 Å².